The van der Waals surface area contributed by atoms with Crippen molar-refractivity contribution < 1.29 is 14.7 Å². The van der Waals surface area contributed by atoms with Crippen LogP contribution in [0.25, 0.3) is 0 Å². The second-order valence-electron chi connectivity index (χ2n) is 5.06. The van der Waals surface area contributed by atoms with Crippen molar-refractivity contribution in [1.82, 2.24) is 10.2 Å². The number of thiophene rings is 1. The van der Waals surface area contributed by atoms with Crippen LogP contribution in [0.3, 0.4) is 0 Å². The molecule has 1 heterocycles. The van der Waals surface area contributed by atoms with E-state index in [0.717, 1.165) is 4.88 Å². The van der Waals surface area contributed by atoms with Crippen LogP contribution in [0, 0.1) is 5.92 Å². The highest BCUT2D eigenvalue weighted by molar-refractivity contribution is 7.09. The number of carboxylic acids is 1. The van der Waals surface area contributed by atoms with E-state index in [9.17, 15) is 9.59 Å². The van der Waals surface area contributed by atoms with E-state index >= 15 is 0 Å². The minimum atomic E-state index is -0.987. The average molecular weight is 298 g/mol. The molecule has 2 N–H and O–H groups in total. The summed E-state index contributed by atoms with van der Waals surface area (Å²) in [6.07, 6.45) is 0.428. The number of hydrogen-bond donors (Lipinski definition) is 2. The second kappa shape index (κ2) is 7.89. The molecule has 0 aromatic carbocycles. The number of carboxylic acid groups (broad SMARTS) is 1. The molecule has 6 heteroatoms. The molecule has 0 unspecified atom stereocenters. The van der Waals surface area contributed by atoms with Gasteiger partial charge in [-0.3, -0.25) is 0 Å². The van der Waals surface area contributed by atoms with Gasteiger partial charge in [0.1, 0.15) is 6.04 Å². The van der Waals surface area contributed by atoms with Gasteiger partial charge in [0.05, 0.1) is 6.54 Å². The normalized spacial score (nSPS) is 12.2. The zero-order chi connectivity index (χ0) is 15.1. The summed E-state index contributed by atoms with van der Waals surface area (Å²) in [7, 11) is 0. The number of rotatable bonds is 7. The Morgan fingerprint density at radius 1 is 1.45 bits per heavy atom. The molecule has 20 heavy (non-hydrogen) atoms. The topological polar surface area (TPSA) is 69.6 Å². The highest BCUT2D eigenvalue weighted by atomic mass is 32.1. The summed E-state index contributed by atoms with van der Waals surface area (Å²) >= 11 is 1.58. The van der Waals surface area contributed by atoms with E-state index in [0.29, 0.717) is 19.5 Å². The lowest BCUT2D eigenvalue weighted by Crippen LogP contribution is -2.48. The molecule has 112 valence electrons. The van der Waals surface area contributed by atoms with Gasteiger partial charge in [-0.05, 0) is 30.7 Å². The number of nitrogens with zero attached hydrogens (tertiary/aromatic N) is 1. The second-order valence-corrected chi connectivity index (χ2v) is 6.10. The predicted octanol–water partition coefficient (Wildman–Crippen LogP) is 2.78. The molecule has 0 aliphatic heterocycles. The summed E-state index contributed by atoms with van der Waals surface area (Å²) in [6, 6.07) is 2.74. The van der Waals surface area contributed by atoms with Crippen LogP contribution in [-0.2, 0) is 11.3 Å². The third-order valence-electron chi connectivity index (χ3n) is 2.90. The molecule has 5 nitrogen and oxygen atoms in total. The van der Waals surface area contributed by atoms with Gasteiger partial charge in [0, 0.05) is 11.4 Å². The van der Waals surface area contributed by atoms with Crippen LogP contribution in [0.15, 0.2) is 17.5 Å². The van der Waals surface area contributed by atoms with E-state index in [2.05, 4.69) is 5.32 Å². The maximum absolute atomic E-state index is 12.2. The molecule has 1 atom stereocenters. The number of urea groups is 1. The summed E-state index contributed by atoms with van der Waals surface area (Å²) in [4.78, 5) is 26.0. The third kappa shape index (κ3) is 5.21. The zero-order valence-corrected chi connectivity index (χ0v) is 12.9. The fourth-order valence-electron chi connectivity index (χ4n) is 1.85. The van der Waals surface area contributed by atoms with Crippen LogP contribution in [0.1, 0.15) is 32.1 Å². The Hall–Kier alpha value is -1.56. The largest absolute Gasteiger partial charge is 0.480 e. The predicted molar refractivity (Wildman–Crippen MR) is 79.8 cm³/mol. The Balaban J connectivity index is 2.63. The number of hydrogen-bond acceptors (Lipinski definition) is 3. The fraction of sp³-hybridized carbons (Fsp3) is 0.571. The summed E-state index contributed by atoms with van der Waals surface area (Å²) in [5.41, 5.74) is 0. The van der Waals surface area contributed by atoms with E-state index in [1.807, 2.05) is 38.3 Å². The van der Waals surface area contributed by atoms with Crippen LogP contribution in [-0.4, -0.2) is 34.6 Å². The molecule has 0 saturated carbocycles. The minimum Gasteiger partial charge on any atom is -0.480 e. The van der Waals surface area contributed by atoms with Gasteiger partial charge in [0.25, 0.3) is 0 Å². The van der Waals surface area contributed by atoms with Crippen LogP contribution in [0.5, 0.6) is 0 Å². The third-order valence-corrected chi connectivity index (χ3v) is 3.76. The van der Waals surface area contributed by atoms with Gasteiger partial charge in [0.2, 0.25) is 0 Å². The van der Waals surface area contributed by atoms with E-state index < -0.39 is 12.0 Å². The molecular formula is C14H22N2O3S. The summed E-state index contributed by atoms with van der Waals surface area (Å²) in [5, 5.41) is 13.7. The maximum Gasteiger partial charge on any atom is 0.326 e. The maximum atomic E-state index is 12.2. The smallest absolute Gasteiger partial charge is 0.326 e. The molecule has 1 aromatic heterocycles. The van der Waals surface area contributed by atoms with Crippen molar-refractivity contribution in [1.29, 1.82) is 0 Å². The molecule has 0 aliphatic rings. The molecular weight excluding hydrogens is 276 g/mol. The number of carbonyl (C=O) groups excluding carboxylic acids is 1. The summed E-state index contributed by atoms with van der Waals surface area (Å²) in [6.45, 7) is 6.80. The van der Waals surface area contributed by atoms with Crippen molar-refractivity contribution in [3.8, 4) is 0 Å². The van der Waals surface area contributed by atoms with Crippen LogP contribution in [0.2, 0.25) is 0 Å². The Morgan fingerprint density at radius 2 is 2.15 bits per heavy atom. The molecule has 1 rings (SSSR count). The van der Waals surface area contributed by atoms with Gasteiger partial charge >= 0.3 is 12.0 Å². The first-order valence-corrected chi connectivity index (χ1v) is 7.62. The van der Waals surface area contributed by atoms with Crippen molar-refractivity contribution >= 4 is 23.3 Å². The Morgan fingerprint density at radius 3 is 2.60 bits per heavy atom. The molecule has 2 amide bonds. The molecule has 0 spiro atoms. The molecule has 0 bridgehead atoms. The van der Waals surface area contributed by atoms with Crippen LogP contribution < -0.4 is 5.32 Å². The van der Waals surface area contributed by atoms with Gasteiger partial charge in [0.15, 0.2) is 0 Å². The van der Waals surface area contributed by atoms with Crippen molar-refractivity contribution in [3.63, 3.8) is 0 Å². The fourth-order valence-corrected chi connectivity index (χ4v) is 2.57. The number of nitrogens with one attached hydrogen (secondary N) is 1. The Bertz CT molecular complexity index is 432. The minimum absolute atomic E-state index is 0.212. The van der Waals surface area contributed by atoms with E-state index in [1.165, 1.54) is 0 Å². The van der Waals surface area contributed by atoms with Crippen molar-refractivity contribution in [2.45, 2.75) is 39.8 Å². The standard InChI is InChI=1S/C14H22N2O3S/c1-4-16(9-11-6-5-7-20-11)14(19)15-12(13(17)18)8-10(2)3/h5-7,10,12H,4,8-9H2,1-3H3,(H,15,19)(H,17,18)/t12-/m1/s1. The first-order valence-electron chi connectivity index (χ1n) is 6.74. The highest BCUT2D eigenvalue weighted by Crippen LogP contribution is 2.12. The lowest BCUT2D eigenvalue weighted by atomic mass is 10.0. The van der Waals surface area contributed by atoms with Gasteiger partial charge in [-0.1, -0.05) is 19.9 Å². The van der Waals surface area contributed by atoms with E-state index in [4.69, 9.17) is 5.11 Å². The molecule has 0 saturated heterocycles. The highest BCUT2D eigenvalue weighted by Gasteiger charge is 2.23. The quantitative estimate of drug-likeness (QED) is 0.813. The first-order chi connectivity index (χ1) is 9.43. The van der Waals surface area contributed by atoms with Crippen molar-refractivity contribution in [2.24, 2.45) is 5.92 Å². The van der Waals surface area contributed by atoms with Gasteiger partial charge in [-0.25, -0.2) is 9.59 Å². The zero-order valence-electron chi connectivity index (χ0n) is 12.1. The van der Waals surface area contributed by atoms with Gasteiger partial charge in [-0.15, -0.1) is 11.3 Å². The van der Waals surface area contributed by atoms with E-state index in [1.54, 1.807) is 16.2 Å². The number of carbonyl (C=O) groups is 2. The summed E-state index contributed by atoms with van der Waals surface area (Å²) < 4.78 is 0. The molecule has 0 aliphatic carbocycles. The van der Waals surface area contributed by atoms with Gasteiger partial charge in [-0.2, -0.15) is 0 Å². The monoisotopic (exact) mass is 298 g/mol. The van der Waals surface area contributed by atoms with Crippen LogP contribution in [0.4, 0.5) is 4.79 Å². The van der Waals surface area contributed by atoms with Crippen LogP contribution >= 0.6 is 11.3 Å². The lowest BCUT2D eigenvalue weighted by Gasteiger charge is -2.24. The Labute approximate surface area is 123 Å². The lowest BCUT2D eigenvalue weighted by molar-refractivity contribution is -0.139. The molecule has 0 radical (unpaired) electrons. The molecule has 1 aromatic rings. The number of amides is 2. The SMILES string of the molecule is CCN(Cc1cccs1)C(=O)N[C@H](CC(C)C)C(=O)O. The van der Waals surface area contributed by atoms with Crippen molar-refractivity contribution in [3.05, 3.63) is 22.4 Å². The number of aliphatic carboxylic acids is 1. The summed E-state index contributed by atoms with van der Waals surface area (Å²) in [5.74, 6) is -0.775. The molecule has 0 fully saturated rings. The first kappa shape index (κ1) is 16.5. The Kier molecular flexibility index (Phi) is 6.51. The average Bonchev–Trinajstić information content (AvgIpc) is 2.87. The van der Waals surface area contributed by atoms with E-state index in [-0.39, 0.29) is 11.9 Å². The van der Waals surface area contributed by atoms with Gasteiger partial charge < -0.3 is 15.3 Å². The van der Waals surface area contributed by atoms with Crippen molar-refractivity contribution in [2.75, 3.05) is 6.54 Å².